The first-order valence-electron chi connectivity index (χ1n) is 5.74. The number of nitrogens with one attached hydrogen (secondary N) is 1. The summed E-state index contributed by atoms with van der Waals surface area (Å²) in [7, 11) is 0. The Bertz CT molecular complexity index is 655. The van der Waals surface area contributed by atoms with E-state index in [9.17, 15) is 9.18 Å². The van der Waals surface area contributed by atoms with Crippen LogP contribution >= 0.6 is 27.5 Å². The summed E-state index contributed by atoms with van der Waals surface area (Å²) in [6.07, 6.45) is 2.99. The van der Waals surface area contributed by atoms with Crippen molar-refractivity contribution in [2.45, 2.75) is 0 Å². The molecule has 2 nitrogen and oxygen atoms in total. The minimum Gasteiger partial charge on any atom is -0.320 e. The van der Waals surface area contributed by atoms with E-state index >= 15 is 0 Å². The summed E-state index contributed by atoms with van der Waals surface area (Å²) < 4.78 is 14.5. The highest BCUT2D eigenvalue weighted by Gasteiger charge is 2.04. The van der Waals surface area contributed by atoms with E-state index in [-0.39, 0.29) is 10.7 Å². The maximum atomic E-state index is 13.5. The zero-order chi connectivity index (χ0) is 14.5. The fourth-order valence-electron chi connectivity index (χ4n) is 1.51. The van der Waals surface area contributed by atoms with Crippen LogP contribution < -0.4 is 5.32 Å². The Morgan fingerprint density at radius 3 is 2.55 bits per heavy atom. The van der Waals surface area contributed by atoms with Gasteiger partial charge in [0.1, 0.15) is 5.82 Å². The molecule has 0 aliphatic rings. The first-order chi connectivity index (χ1) is 9.54. The number of hydrogen-bond donors (Lipinski definition) is 1. The van der Waals surface area contributed by atoms with Gasteiger partial charge in [-0.25, -0.2) is 4.39 Å². The minimum atomic E-state index is -0.567. The largest absolute Gasteiger partial charge is 0.320 e. The van der Waals surface area contributed by atoms with Crippen molar-refractivity contribution in [1.29, 1.82) is 0 Å². The van der Waals surface area contributed by atoms with Crippen LogP contribution in [0.4, 0.5) is 10.1 Å². The molecule has 0 bridgehead atoms. The van der Waals surface area contributed by atoms with E-state index in [2.05, 4.69) is 21.2 Å². The third-order valence-electron chi connectivity index (χ3n) is 2.49. The van der Waals surface area contributed by atoms with Gasteiger partial charge in [-0.1, -0.05) is 39.7 Å². The number of rotatable bonds is 3. The van der Waals surface area contributed by atoms with Gasteiger partial charge in [-0.2, -0.15) is 0 Å². The van der Waals surface area contributed by atoms with Crippen LogP contribution in [0.1, 0.15) is 5.56 Å². The van der Waals surface area contributed by atoms with Gasteiger partial charge in [0.05, 0.1) is 5.69 Å². The van der Waals surface area contributed by atoms with Crippen molar-refractivity contribution in [3.63, 3.8) is 0 Å². The van der Waals surface area contributed by atoms with E-state index in [1.165, 1.54) is 18.2 Å². The van der Waals surface area contributed by atoms with Gasteiger partial charge < -0.3 is 5.32 Å². The third-order valence-corrected chi connectivity index (χ3v) is 3.25. The molecular weight excluding hydrogens is 345 g/mol. The smallest absolute Gasteiger partial charge is 0.248 e. The Hall–Kier alpha value is -1.65. The maximum absolute atomic E-state index is 13.5. The summed E-state index contributed by atoms with van der Waals surface area (Å²) in [5.74, 6) is -0.975. The van der Waals surface area contributed by atoms with Crippen LogP contribution in [0.3, 0.4) is 0 Å². The molecule has 0 fully saturated rings. The Morgan fingerprint density at radius 2 is 1.90 bits per heavy atom. The van der Waals surface area contributed by atoms with Crippen LogP contribution in [0.15, 0.2) is 53.0 Å². The molecule has 0 spiro atoms. The number of carbonyl (C=O) groups is 1. The maximum Gasteiger partial charge on any atom is 0.248 e. The second-order valence-corrected chi connectivity index (χ2v) is 5.35. The van der Waals surface area contributed by atoms with Gasteiger partial charge in [0, 0.05) is 15.6 Å². The lowest BCUT2D eigenvalue weighted by Crippen LogP contribution is -2.09. The van der Waals surface area contributed by atoms with Gasteiger partial charge in [-0.15, -0.1) is 0 Å². The van der Waals surface area contributed by atoms with Crippen LogP contribution in [0.25, 0.3) is 6.08 Å². The number of benzene rings is 2. The molecule has 0 aliphatic carbocycles. The fourth-order valence-corrected chi connectivity index (χ4v) is 1.93. The summed E-state index contributed by atoms with van der Waals surface area (Å²) >= 11 is 8.96. The Labute approximate surface area is 129 Å². The standard InChI is InChI=1S/C15H10BrClFNO/c16-11-4-1-10(2-5-11)3-8-15(20)19-14-7-6-12(17)9-13(14)18/h1-9H,(H,19,20)/b8-3+. The van der Waals surface area contributed by atoms with Gasteiger partial charge in [-0.05, 0) is 42.0 Å². The summed E-state index contributed by atoms with van der Waals surface area (Å²) in [5, 5.41) is 2.73. The first-order valence-corrected chi connectivity index (χ1v) is 6.91. The van der Waals surface area contributed by atoms with Crippen molar-refractivity contribution in [3.8, 4) is 0 Å². The van der Waals surface area contributed by atoms with Gasteiger partial charge >= 0.3 is 0 Å². The molecule has 0 aromatic heterocycles. The fraction of sp³-hybridized carbons (Fsp3) is 0. The molecule has 5 heteroatoms. The number of anilines is 1. The van der Waals surface area contributed by atoms with Gasteiger partial charge in [0.25, 0.3) is 0 Å². The van der Waals surface area contributed by atoms with E-state index in [1.807, 2.05) is 24.3 Å². The SMILES string of the molecule is O=C(/C=C/c1ccc(Br)cc1)Nc1ccc(Cl)cc1F. The molecule has 0 radical (unpaired) electrons. The van der Waals surface area contributed by atoms with Crippen LogP contribution in [0, 0.1) is 5.82 Å². The average Bonchev–Trinajstić information content (AvgIpc) is 2.41. The van der Waals surface area contributed by atoms with Crippen molar-refractivity contribution in [2.75, 3.05) is 5.32 Å². The molecule has 1 amide bonds. The molecule has 0 saturated heterocycles. The molecule has 0 aliphatic heterocycles. The van der Waals surface area contributed by atoms with Crippen molar-refractivity contribution in [1.82, 2.24) is 0 Å². The second-order valence-electron chi connectivity index (χ2n) is 4.00. The molecule has 1 N–H and O–H groups in total. The van der Waals surface area contributed by atoms with Crippen LogP contribution in [-0.2, 0) is 4.79 Å². The zero-order valence-electron chi connectivity index (χ0n) is 10.2. The normalized spacial score (nSPS) is 10.8. The second kappa shape index (κ2) is 6.68. The van der Waals surface area contributed by atoms with Crippen molar-refractivity contribution >= 4 is 45.2 Å². The summed E-state index contributed by atoms with van der Waals surface area (Å²) in [4.78, 5) is 11.7. The molecule has 2 aromatic rings. The lowest BCUT2D eigenvalue weighted by atomic mass is 10.2. The van der Waals surface area contributed by atoms with Gasteiger partial charge in [0.2, 0.25) is 5.91 Å². The van der Waals surface area contributed by atoms with E-state index in [4.69, 9.17) is 11.6 Å². The summed E-state index contributed by atoms with van der Waals surface area (Å²) in [6.45, 7) is 0. The number of carbonyl (C=O) groups excluding carboxylic acids is 1. The van der Waals surface area contributed by atoms with E-state index < -0.39 is 11.7 Å². The van der Waals surface area contributed by atoms with Crippen LogP contribution in [0.5, 0.6) is 0 Å². The molecular formula is C15H10BrClFNO. The Balaban J connectivity index is 2.03. The zero-order valence-corrected chi connectivity index (χ0v) is 12.6. The molecule has 20 heavy (non-hydrogen) atoms. The highest BCUT2D eigenvalue weighted by atomic mass is 79.9. The highest BCUT2D eigenvalue weighted by Crippen LogP contribution is 2.19. The van der Waals surface area contributed by atoms with Gasteiger partial charge in [0.15, 0.2) is 0 Å². The molecule has 0 atom stereocenters. The van der Waals surface area contributed by atoms with Crippen LogP contribution in [0.2, 0.25) is 5.02 Å². The quantitative estimate of drug-likeness (QED) is 0.781. The number of halogens is 3. The van der Waals surface area contributed by atoms with Crippen molar-refractivity contribution in [3.05, 3.63) is 69.4 Å². The van der Waals surface area contributed by atoms with Gasteiger partial charge in [-0.3, -0.25) is 4.79 Å². The van der Waals surface area contributed by atoms with Crippen LogP contribution in [-0.4, -0.2) is 5.91 Å². The van der Waals surface area contributed by atoms with E-state index in [0.717, 1.165) is 16.1 Å². The third kappa shape index (κ3) is 4.18. The number of hydrogen-bond acceptors (Lipinski definition) is 1. The predicted octanol–water partition coefficient (Wildman–Crippen LogP) is 4.89. The highest BCUT2D eigenvalue weighted by molar-refractivity contribution is 9.10. The lowest BCUT2D eigenvalue weighted by Gasteiger charge is -2.03. The number of amides is 1. The summed E-state index contributed by atoms with van der Waals surface area (Å²) in [5.41, 5.74) is 0.972. The Morgan fingerprint density at radius 1 is 1.20 bits per heavy atom. The topological polar surface area (TPSA) is 29.1 Å². The van der Waals surface area contributed by atoms with E-state index in [0.29, 0.717) is 0 Å². The molecule has 102 valence electrons. The predicted molar refractivity (Wildman–Crippen MR) is 83.2 cm³/mol. The first kappa shape index (κ1) is 14.8. The Kier molecular flexibility index (Phi) is 4.93. The molecule has 0 heterocycles. The monoisotopic (exact) mass is 353 g/mol. The lowest BCUT2D eigenvalue weighted by molar-refractivity contribution is -0.111. The minimum absolute atomic E-state index is 0.0971. The van der Waals surface area contributed by atoms with Crippen molar-refractivity contribution in [2.24, 2.45) is 0 Å². The molecule has 2 rings (SSSR count). The molecule has 2 aromatic carbocycles. The van der Waals surface area contributed by atoms with E-state index in [1.54, 1.807) is 6.08 Å². The summed E-state index contributed by atoms with van der Waals surface area (Å²) in [6, 6.07) is 11.5. The molecule has 0 saturated carbocycles. The van der Waals surface area contributed by atoms with Crippen molar-refractivity contribution < 1.29 is 9.18 Å². The molecule has 0 unspecified atom stereocenters. The average molecular weight is 355 g/mol.